The van der Waals surface area contributed by atoms with Crippen molar-refractivity contribution >= 4 is 0 Å². The van der Waals surface area contributed by atoms with Crippen molar-refractivity contribution in [1.82, 2.24) is 5.32 Å². The van der Waals surface area contributed by atoms with Crippen LogP contribution in [0, 0.1) is 5.41 Å². The number of rotatable bonds is 8. The van der Waals surface area contributed by atoms with Crippen LogP contribution < -0.4 is 5.32 Å². The van der Waals surface area contributed by atoms with Gasteiger partial charge in [0.1, 0.15) is 6.73 Å². The van der Waals surface area contributed by atoms with Crippen molar-refractivity contribution in [2.45, 2.75) is 40.0 Å². The van der Waals surface area contributed by atoms with Crippen LogP contribution in [0.15, 0.2) is 12.8 Å². The minimum atomic E-state index is 0.487. The van der Waals surface area contributed by atoms with Crippen LogP contribution in [0.3, 0.4) is 0 Å². The minimum Gasteiger partial charge on any atom is -0.487 e. The number of nitrogens with one attached hydrogen (secondary N) is 1. The Morgan fingerprint density at radius 1 is 1.46 bits per heavy atom. The Bertz CT molecular complexity index is 132. The fourth-order valence-electron chi connectivity index (χ4n) is 1.06. The van der Waals surface area contributed by atoms with E-state index >= 15 is 0 Å². The third-order valence-corrected chi connectivity index (χ3v) is 2.47. The lowest BCUT2D eigenvalue weighted by Crippen LogP contribution is -2.20. The summed E-state index contributed by atoms with van der Waals surface area (Å²) in [5.41, 5.74) is 0.487. The molecule has 0 aromatic carbocycles. The second-order valence-electron chi connectivity index (χ2n) is 4.10. The molecule has 0 aliphatic carbocycles. The van der Waals surface area contributed by atoms with Gasteiger partial charge in [-0.05, 0) is 24.8 Å². The summed E-state index contributed by atoms with van der Waals surface area (Å²) >= 11 is 0. The summed E-state index contributed by atoms with van der Waals surface area (Å²) in [6, 6.07) is 0. The second-order valence-corrected chi connectivity index (χ2v) is 4.10. The van der Waals surface area contributed by atoms with Gasteiger partial charge < -0.3 is 4.74 Å². The van der Waals surface area contributed by atoms with E-state index in [-0.39, 0.29) is 0 Å². The van der Waals surface area contributed by atoms with E-state index in [1.165, 1.54) is 25.5 Å². The standard InChI is InChI=1S/C11H23NO/c1-5-11(3,4)8-7-9-12-10-13-6-2/h6,12H,2,5,7-10H2,1,3-4H3. The lowest BCUT2D eigenvalue weighted by molar-refractivity contribution is 0.218. The van der Waals surface area contributed by atoms with Gasteiger partial charge in [-0.15, -0.1) is 0 Å². The minimum absolute atomic E-state index is 0.487. The summed E-state index contributed by atoms with van der Waals surface area (Å²) in [5.74, 6) is 0. The Hall–Kier alpha value is -0.500. The van der Waals surface area contributed by atoms with Gasteiger partial charge in [-0.3, -0.25) is 5.32 Å². The first-order chi connectivity index (χ1) is 6.12. The average molecular weight is 185 g/mol. The molecule has 0 atom stereocenters. The van der Waals surface area contributed by atoms with Gasteiger partial charge >= 0.3 is 0 Å². The molecular formula is C11H23NO. The molecule has 78 valence electrons. The van der Waals surface area contributed by atoms with Gasteiger partial charge in [-0.1, -0.05) is 33.8 Å². The molecule has 0 heterocycles. The molecule has 0 saturated heterocycles. The van der Waals surface area contributed by atoms with Crippen molar-refractivity contribution in [3.63, 3.8) is 0 Å². The summed E-state index contributed by atoms with van der Waals surface area (Å²) in [6.45, 7) is 11.9. The van der Waals surface area contributed by atoms with E-state index in [9.17, 15) is 0 Å². The highest BCUT2D eigenvalue weighted by Gasteiger charge is 2.13. The molecule has 0 aliphatic rings. The third kappa shape index (κ3) is 7.85. The van der Waals surface area contributed by atoms with E-state index < -0.39 is 0 Å². The van der Waals surface area contributed by atoms with Crippen LogP contribution in [0.5, 0.6) is 0 Å². The molecule has 0 aromatic rings. The highest BCUT2D eigenvalue weighted by atomic mass is 16.5. The summed E-state index contributed by atoms with van der Waals surface area (Å²) < 4.78 is 4.94. The van der Waals surface area contributed by atoms with Crippen LogP contribution in [0.2, 0.25) is 0 Å². The molecule has 0 bridgehead atoms. The van der Waals surface area contributed by atoms with Crippen LogP contribution in [0.4, 0.5) is 0 Å². The Balaban J connectivity index is 3.20. The van der Waals surface area contributed by atoms with Crippen molar-refractivity contribution in [3.8, 4) is 0 Å². The molecule has 0 rings (SSSR count). The molecule has 0 aromatic heterocycles. The first-order valence-electron chi connectivity index (χ1n) is 5.05. The Kier molecular flexibility index (Phi) is 6.69. The summed E-state index contributed by atoms with van der Waals surface area (Å²) in [4.78, 5) is 0. The van der Waals surface area contributed by atoms with Crippen molar-refractivity contribution in [3.05, 3.63) is 12.8 Å². The SMILES string of the molecule is C=COCNCCCC(C)(C)CC. The maximum Gasteiger partial charge on any atom is 0.138 e. The first-order valence-corrected chi connectivity index (χ1v) is 5.05. The summed E-state index contributed by atoms with van der Waals surface area (Å²) in [5, 5.41) is 3.19. The van der Waals surface area contributed by atoms with Crippen LogP contribution in [-0.4, -0.2) is 13.3 Å². The van der Waals surface area contributed by atoms with Crippen LogP contribution in [0.25, 0.3) is 0 Å². The van der Waals surface area contributed by atoms with Gasteiger partial charge in [0.25, 0.3) is 0 Å². The van der Waals surface area contributed by atoms with Crippen LogP contribution in [0.1, 0.15) is 40.0 Å². The Labute approximate surface area is 82.4 Å². The number of hydrogen-bond acceptors (Lipinski definition) is 2. The summed E-state index contributed by atoms with van der Waals surface area (Å²) in [6.07, 6.45) is 5.19. The zero-order valence-corrected chi connectivity index (χ0v) is 9.23. The van der Waals surface area contributed by atoms with Gasteiger partial charge in [0, 0.05) is 0 Å². The molecule has 1 N–H and O–H groups in total. The van der Waals surface area contributed by atoms with Gasteiger partial charge in [-0.2, -0.15) is 0 Å². The van der Waals surface area contributed by atoms with E-state index in [4.69, 9.17) is 4.74 Å². The van der Waals surface area contributed by atoms with Crippen molar-refractivity contribution in [2.75, 3.05) is 13.3 Å². The predicted molar refractivity (Wildman–Crippen MR) is 57.5 cm³/mol. The smallest absolute Gasteiger partial charge is 0.138 e. The number of hydrogen-bond donors (Lipinski definition) is 1. The normalized spacial score (nSPS) is 11.3. The lowest BCUT2D eigenvalue weighted by Gasteiger charge is -2.22. The largest absolute Gasteiger partial charge is 0.487 e. The molecule has 0 saturated carbocycles. The maximum atomic E-state index is 4.94. The van der Waals surface area contributed by atoms with Gasteiger partial charge in [0.15, 0.2) is 0 Å². The quantitative estimate of drug-likeness (QED) is 0.356. The van der Waals surface area contributed by atoms with Gasteiger partial charge in [-0.25, -0.2) is 0 Å². The van der Waals surface area contributed by atoms with E-state index in [0.29, 0.717) is 12.1 Å². The molecule has 0 aliphatic heterocycles. The zero-order chi connectivity index (χ0) is 10.2. The van der Waals surface area contributed by atoms with E-state index in [1.807, 2.05) is 0 Å². The molecule has 2 heteroatoms. The predicted octanol–water partition coefficient (Wildman–Crippen LogP) is 2.91. The van der Waals surface area contributed by atoms with Crippen molar-refractivity contribution in [1.29, 1.82) is 0 Å². The lowest BCUT2D eigenvalue weighted by atomic mass is 9.85. The van der Waals surface area contributed by atoms with Gasteiger partial charge in [0.05, 0.1) is 6.26 Å². The second kappa shape index (κ2) is 6.96. The molecule has 0 radical (unpaired) electrons. The Morgan fingerprint density at radius 3 is 2.69 bits per heavy atom. The van der Waals surface area contributed by atoms with Crippen molar-refractivity contribution in [2.24, 2.45) is 5.41 Å². The van der Waals surface area contributed by atoms with Gasteiger partial charge in [0.2, 0.25) is 0 Å². The topological polar surface area (TPSA) is 21.3 Å². The fraction of sp³-hybridized carbons (Fsp3) is 0.818. The van der Waals surface area contributed by atoms with Crippen LogP contribution in [-0.2, 0) is 4.74 Å². The molecule has 0 spiro atoms. The Morgan fingerprint density at radius 2 is 2.15 bits per heavy atom. The van der Waals surface area contributed by atoms with E-state index in [2.05, 4.69) is 32.7 Å². The van der Waals surface area contributed by atoms with E-state index in [1.54, 1.807) is 0 Å². The zero-order valence-electron chi connectivity index (χ0n) is 9.23. The first kappa shape index (κ1) is 12.5. The fourth-order valence-corrected chi connectivity index (χ4v) is 1.06. The maximum absolute atomic E-state index is 4.94. The summed E-state index contributed by atoms with van der Waals surface area (Å²) in [7, 11) is 0. The highest BCUT2D eigenvalue weighted by Crippen LogP contribution is 2.25. The van der Waals surface area contributed by atoms with Crippen LogP contribution >= 0.6 is 0 Å². The third-order valence-electron chi connectivity index (χ3n) is 2.47. The molecule has 0 amide bonds. The molecule has 0 unspecified atom stereocenters. The molecule has 0 fully saturated rings. The molecule has 2 nitrogen and oxygen atoms in total. The molecular weight excluding hydrogens is 162 g/mol. The van der Waals surface area contributed by atoms with E-state index in [0.717, 1.165) is 6.54 Å². The van der Waals surface area contributed by atoms with Crippen molar-refractivity contribution < 1.29 is 4.74 Å². The average Bonchev–Trinajstić information content (AvgIpc) is 2.11. The molecule has 13 heavy (non-hydrogen) atoms. The highest BCUT2D eigenvalue weighted by molar-refractivity contribution is 4.66. The monoisotopic (exact) mass is 185 g/mol. The number of ether oxygens (including phenoxy) is 1.